The third-order valence-corrected chi connectivity index (χ3v) is 2.23. The zero-order valence-electron chi connectivity index (χ0n) is 8.56. The number of hydrogen-bond donors (Lipinski definition) is 1. The van der Waals surface area contributed by atoms with Gasteiger partial charge in [0.2, 0.25) is 0 Å². The van der Waals surface area contributed by atoms with Crippen molar-refractivity contribution in [2.75, 3.05) is 25.5 Å². The normalized spacial score (nSPS) is 16.7. The maximum Gasteiger partial charge on any atom is 0.199 e. The molecule has 5 heteroatoms. The summed E-state index contributed by atoms with van der Waals surface area (Å²) < 4.78 is 1.77. The average Bonchev–Trinajstić information content (AvgIpc) is 2.56. The van der Waals surface area contributed by atoms with Gasteiger partial charge >= 0.3 is 0 Å². The molecule has 5 nitrogen and oxygen atoms in total. The van der Waals surface area contributed by atoms with Gasteiger partial charge in [-0.3, -0.25) is 9.67 Å². The molecule has 0 amide bonds. The van der Waals surface area contributed by atoms with Crippen molar-refractivity contribution in [2.45, 2.75) is 6.42 Å². The zero-order chi connectivity index (χ0) is 9.97. The fourth-order valence-corrected chi connectivity index (χ4v) is 1.45. The molecule has 0 atom stereocenters. The fraction of sp³-hybridized carbons (Fsp3) is 0.556. The van der Waals surface area contributed by atoms with Gasteiger partial charge in [0.1, 0.15) is 0 Å². The van der Waals surface area contributed by atoms with Crippen LogP contribution in [-0.2, 0) is 7.05 Å². The number of aryl methyl sites for hydroxylation is 1. The largest absolute Gasteiger partial charge is 0.346 e. The van der Waals surface area contributed by atoms with Gasteiger partial charge in [-0.15, -0.1) is 0 Å². The van der Waals surface area contributed by atoms with Gasteiger partial charge in [0.05, 0.1) is 0 Å². The number of nitrogens with zero attached hydrogens (tertiary/aromatic N) is 4. The summed E-state index contributed by atoms with van der Waals surface area (Å²) in [6, 6.07) is 1.94. The van der Waals surface area contributed by atoms with Crippen LogP contribution in [0.3, 0.4) is 0 Å². The second-order valence-electron chi connectivity index (χ2n) is 3.48. The van der Waals surface area contributed by atoms with Crippen molar-refractivity contribution in [3.05, 3.63) is 12.3 Å². The summed E-state index contributed by atoms with van der Waals surface area (Å²) in [4.78, 5) is 6.51. The molecule has 1 aliphatic heterocycles. The third-order valence-electron chi connectivity index (χ3n) is 2.23. The quantitative estimate of drug-likeness (QED) is 0.707. The Hall–Kier alpha value is -1.52. The van der Waals surface area contributed by atoms with Crippen LogP contribution in [0.4, 0.5) is 5.82 Å². The summed E-state index contributed by atoms with van der Waals surface area (Å²) in [5, 5.41) is 7.43. The summed E-state index contributed by atoms with van der Waals surface area (Å²) in [5.41, 5.74) is 0. The minimum absolute atomic E-state index is 0.847. The lowest BCUT2D eigenvalue weighted by molar-refractivity contribution is 0.465. The maximum absolute atomic E-state index is 4.40. The molecular formula is C9H15N5. The first-order valence-electron chi connectivity index (χ1n) is 4.78. The van der Waals surface area contributed by atoms with Gasteiger partial charge in [-0.2, -0.15) is 5.10 Å². The van der Waals surface area contributed by atoms with Crippen LogP contribution in [0.1, 0.15) is 6.42 Å². The molecule has 0 radical (unpaired) electrons. The summed E-state index contributed by atoms with van der Waals surface area (Å²) in [6.07, 6.45) is 3.04. The SMILES string of the molecule is CN1CCCN=C1Nc1ccn(C)n1. The smallest absolute Gasteiger partial charge is 0.199 e. The highest BCUT2D eigenvalue weighted by Gasteiger charge is 2.11. The highest BCUT2D eigenvalue weighted by Crippen LogP contribution is 2.05. The molecule has 2 rings (SSSR count). The van der Waals surface area contributed by atoms with E-state index in [1.165, 1.54) is 0 Å². The van der Waals surface area contributed by atoms with E-state index in [2.05, 4.69) is 20.3 Å². The van der Waals surface area contributed by atoms with Crippen LogP contribution in [0.5, 0.6) is 0 Å². The van der Waals surface area contributed by atoms with Crippen LogP contribution < -0.4 is 5.32 Å². The first kappa shape index (κ1) is 9.05. The van der Waals surface area contributed by atoms with E-state index in [1.807, 2.05) is 26.4 Å². The Bertz CT molecular complexity index is 341. The predicted octanol–water partition coefficient (Wildman–Crippen LogP) is 0.523. The van der Waals surface area contributed by atoms with Gasteiger partial charge in [0, 0.05) is 39.4 Å². The summed E-state index contributed by atoms with van der Waals surface area (Å²) in [7, 11) is 3.94. The molecule has 0 fully saturated rings. The lowest BCUT2D eigenvalue weighted by atomic mass is 10.3. The van der Waals surface area contributed by atoms with Gasteiger partial charge < -0.3 is 10.2 Å². The van der Waals surface area contributed by atoms with Gasteiger partial charge in [0.15, 0.2) is 11.8 Å². The molecule has 2 heterocycles. The molecule has 0 unspecified atom stereocenters. The van der Waals surface area contributed by atoms with Crippen LogP contribution in [0.25, 0.3) is 0 Å². The first-order chi connectivity index (χ1) is 6.75. The Balaban J connectivity index is 2.06. The fourth-order valence-electron chi connectivity index (χ4n) is 1.45. The van der Waals surface area contributed by atoms with Gasteiger partial charge in [-0.05, 0) is 6.42 Å². The van der Waals surface area contributed by atoms with E-state index in [0.29, 0.717) is 0 Å². The third kappa shape index (κ3) is 1.86. The van der Waals surface area contributed by atoms with Gasteiger partial charge in [-0.1, -0.05) is 0 Å². The number of anilines is 1. The van der Waals surface area contributed by atoms with E-state index in [-0.39, 0.29) is 0 Å². The molecule has 0 aromatic carbocycles. The second-order valence-corrected chi connectivity index (χ2v) is 3.48. The monoisotopic (exact) mass is 193 g/mol. The number of nitrogens with one attached hydrogen (secondary N) is 1. The van der Waals surface area contributed by atoms with Crippen LogP contribution in [0, 0.1) is 0 Å². The second kappa shape index (κ2) is 3.69. The Morgan fingerprint density at radius 3 is 2.93 bits per heavy atom. The van der Waals surface area contributed by atoms with Crippen molar-refractivity contribution in [1.29, 1.82) is 0 Å². The van der Waals surface area contributed by atoms with Crippen molar-refractivity contribution in [3.8, 4) is 0 Å². The van der Waals surface area contributed by atoms with E-state index in [0.717, 1.165) is 31.3 Å². The molecule has 76 valence electrons. The number of aromatic nitrogens is 2. The van der Waals surface area contributed by atoms with Crippen molar-refractivity contribution < 1.29 is 0 Å². The minimum atomic E-state index is 0.847. The number of rotatable bonds is 1. The highest BCUT2D eigenvalue weighted by molar-refractivity contribution is 5.92. The van der Waals surface area contributed by atoms with E-state index < -0.39 is 0 Å². The lowest BCUT2D eigenvalue weighted by Crippen LogP contribution is -2.37. The van der Waals surface area contributed by atoms with Crippen LogP contribution in [0.15, 0.2) is 17.3 Å². The molecule has 0 spiro atoms. The van der Waals surface area contributed by atoms with Crippen LogP contribution >= 0.6 is 0 Å². The lowest BCUT2D eigenvalue weighted by Gasteiger charge is -2.24. The standard InChI is InChI=1S/C9H15N5/c1-13-6-3-5-10-9(13)11-8-4-7-14(2)12-8/h4,7H,3,5-6H2,1-2H3,(H,10,11,12). The van der Waals surface area contributed by atoms with Gasteiger partial charge in [0.25, 0.3) is 0 Å². The molecular weight excluding hydrogens is 178 g/mol. The predicted molar refractivity (Wildman–Crippen MR) is 56.4 cm³/mol. The maximum atomic E-state index is 4.40. The Morgan fingerprint density at radius 1 is 1.43 bits per heavy atom. The molecule has 0 aliphatic carbocycles. The van der Waals surface area contributed by atoms with E-state index in [9.17, 15) is 0 Å². The number of aliphatic imine (C=N–C) groups is 1. The van der Waals surface area contributed by atoms with Gasteiger partial charge in [-0.25, -0.2) is 0 Å². The zero-order valence-corrected chi connectivity index (χ0v) is 8.56. The molecule has 1 aromatic heterocycles. The molecule has 1 aliphatic rings. The molecule has 14 heavy (non-hydrogen) atoms. The Morgan fingerprint density at radius 2 is 2.29 bits per heavy atom. The van der Waals surface area contributed by atoms with Crippen molar-refractivity contribution in [1.82, 2.24) is 14.7 Å². The average molecular weight is 193 g/mol. The number of guanidine groups is 1. The van der Waals surface area contributed by atoms with Crippen molar-refractivity contribution >= 4 is 11.8 Å². The van der Waals surface area contributed by atoms with Crippen LogP contribution in [-0.4, -0.2) is 40.8 Å². The van der Waals surface area contributed by atoms with E-state index >= 15 is 0 Å². The van der Waals surface area contributed by atoms with E-state index in [1.54, 1.807) is 4.68 Å². The molecule has 0 bridgehead atoms. The summed E-state index contributed by atoms with van der Waals surface area (Å²) in [5.74, 6) is 1.76. The molecule has 1 aromatic rings. The Labute approximate surface area is 83.4 Å². The topological polar surface area (TPSA) is 45.5 Å². The molecule has 0 saturated carbocycles. The summed E-state index contributed by atoms with van der Waals surface area (Å²) in [6.45, 7) is 1.96. The molecule has 1 N–H and O–H groups in total. The minimum Gasteiger partial charge on any atom is -0.346 e. The Kier molecular flexibility index (Phi) is 2.39. The first-order valence-corrected chi connectivity index (χ1v) is 4.78. The van der Waals surface area contributed by atoms with Crippen LogP contribution in [0.2, 0.25) is 0 Å². The van der Waals surface area contributed by atoms with Crippen molar-refractivity contribution in [3.63, 3.8) is 0 Å². The highest BCUT2D eigenvalue weighted by atomic mass is 15.4. The van der Waals surface area contributed by atoms with Crippen molar-refractivity contribution in [2.24, 2.45) is 12.0 Å². The number of hydrogen-bond acceptors (Lipinski definition) is 4. The molecule has 0 saturated heterocycles. The van der Waals surface area contributed by atoms with E-state index in [4.69, 9.17) is 0 Å². The summed E-state index contributed by atoms with van der Waals surface area (Å²) >= 11 is 0.